The van der Waals surface area contributed by atoms with Crippen LogP contribution in [-0.2, 0) is 0 Å². The van der Waals surface area contributed by atoms with Crippen molar-refractivity contribution in [2.24, 2.45) is 0 Å². The summed E-state index contributed by atoms with van der Waals surface area (Å²) in [4.78, 5) is 19.7. The highest BCUT2D eigenvalue weighted by atomic mass is 35.5. The van der Waals surface area contributed by atoms with E-state index in [0.29, 0.717) is 46.7 Å². The lowest BCUT2D eigenvalue weighted by atomic mass is 10.2. The number of ether oxygens (including phenoxy) is 3. The van der Waals surface area contributed by atoms with Crippen LogP contribution in [0.25, 0.3) is 11.3 Å². The number of halogens is 2. The normalized spacial score (nSPS) is 10.9. The van der Waals surface area contributed by atoms with Crippen LogP contribution in [-0.4, -0.2) is 65.3 Å². The maximum atomic E-state index is 6.56. The van der Waals surface area contributed by atoms with E-state index in [9.17, 15) is 0 Å². The van der Waals surface area contributed by atoms with E-state index in [2.05, 4.69) is 49.3 Å². The SMILES string of the molecule is CCN(CC)CCOc1ccc(Nc2cc(-c3cncnc3Nc3c(Cl)c(OC)cc(OC)c3Cl)ncn2)cc1. The Kier molecular flexibility index (Phi) is 10.2. The lowest BCUT2D eigenvalue weighted by Gasteiger charge is -2.18. The molecule has 0 aliphatic rings. The molecule has 0 atom stereocenters. The van der Waals surface area contributed by atoms with Crippen molar-refractivity contribution in [3.05, 3.63) is 65.3 Å². The van der Waals surface area contributed by atoms with Crippen LogP contribution < -0.4 is 24.8 Å². The summed E-state index contributed by atoms with van der Waals surface area (Å²) < 4.78 is 16.6. The van der Waals surface area contributed by atoms with Crippen LogP contribution in [0, 0.1) is 0 Å². The van der Waals surface area contributed by atoms with Crippen LogP contribution in [0.5, 0.6) is 17.2 Å². The van der Waals surface area contributed by atoms with Crippen LogP contribution in [0.3, 0.4) is 0 Å². The van der Waals surface area contributed by atoms with Gasteiger partial charge in [-0.2, -0.15) is 0 Å². The standard InChI is InChI=1S/C28H31Cl2N7O3/c1-5-37(6-2)11-12-40-19-9-7-18(8-10-19)35-24-13-21(32-17-33-24)20-15-31-16-34-28(20)36-27-25(29)22(38-3)14-23(39-4)26(27)30/h7-10,13-17H,5-6,11-12H2,1-4H3,(H,31,34,36)(H,32,33,35). The summed E-state index contributed by atoms with van der Waals surface area (Å²) >= 11 is 13.1. The van der Waals surface area contributed by atoms with Gasteiger partial charge in [-0.15, -0.1) is 0 Å². The fraction of sp³-hybridized carbons (Fsp3) is 0.286. The van der Waals surface area contributed by atoms with E-state index in [1.807, 2.05) is 24.3 Å². The lowest BCUT2D eigenvalue weighted by Crippen LogP contribution is -2.27. The molecule has 0 spiro atoms. The molecule has 0 amide bonds. The Balaban J connectivity index is 1.52. The molecule has 4 rings (SSSR count). The summed E-state index contributed by atoms with van der Waals surface area (Å²) in [6.07, 6.45) is 4.52. The fourth-order valence-corrected chi connectivity index (χ4v) is 4.51. The van der Waals surface area contributed by atoms with Crippen molar-refractivity contribution < 1.29 is 14.2 Å². The number of rotatable bonds is 13. The summed E-state index contributed by atoms with van der Waals surface area (Å²) in [5.41, 5.74) is 2.43. The molecule has 0 aliphatic heterocycles. The Hall–Kier alpha value is -3.86. The molecule has 2 aromatic heterocycles. The molecule has 0 aliphatic carbocycles. The quantitative estimate of drug-likeness (QED) is 0.182. The average molecular weight is 585 g/mol. The van der Waals surface area contributed by atoms with Crippen molar-refractivity contribution in [3.8, 4) is 28.5 Å². The Labute approximate surface area is 243 Å². The summed E-state index contributed by atoms with van der Waals surface area (Å²) in [6, 6.07) is 11.1. The number of nitrogens with one attached hydrogen (secondary N) is 2. The molecule has 2 N–H and O–H groups in total. The second-order valence-electron chi connectivity index (χ2n) is 8.51. The molecule has 2 heterocycles. The first-order valence-corrected chi connectivity index (χ1v) is 13.4. The van der Waals surface area contributed by atoms with E-state index in [1.54, 1.807) is 18.3 Å². The molecule has 0 saturated carbocycles. The van der Waals surface area contributed by atoms with Gasteiger partial charge in [-0.1, -0.05) is 37.0 Å². The van der Waals surface area contributed by atoms with E-state index in [-0.39, 0.29) is 10.0 Å². The molecule has 0 unspecified atom stereocenters. The van der Waals surface area contributed by atoms with Gasteiger partial charge in [0.15, 0.2) is 0 Å². The van der Waals surface area contributed by atoms with Crippen LogP contribution >= 0.6 is 23.2 Å². The molecule has 2 aromatic carbocycles. The van der Waals surface area contributed by atoms with Gasteiger partial charge in [0.1, 0.15) is 58.2 Å². The summed E-state index contributed by atoms with van der Waals surface area (Å²) in [5.74, 6) is 2.63. The highest BCUT2D eigenvalue weighted by molar-refractivity contribution is 6.41. The minimum atomic E-state index is 0.281. The van der Waals surface area contributed by atoms with Crippen molar-refractivity contribution in [1.82, 2.24) is 24.8 Å². The van der Waals surface area contributed by atoms with E-state index in [1.165, 1.54) is 26.9 Å². The molecule has 0 fully saturated rings. The first-order chi connectivity index (χ1) is 19.5. The Morgan fingerprint density at radius 3 is 2.20 bits per heavy atom. The van der Waals surface area contributed by atoms with E-state index in [0.717, 1.165) is 31.1 Å². The molecule has 40 heavy (non-hydrogen) atoms. The van der Waals surface area contributed by atoms with Gasteiger partial charge in [0.2, 0.25) is 0 Å². The van der Waals surface area contributed by atoms with Crippen molar-refractivity contribution in [2.45, 2.75) is 13.8 Å². The topological polar surface area (TPSA) is 107 Å². The fourth-order valence-electron chi connectivity index (χ4n) is 3.92. The zero-order valence-electron chi connectivity index (χ0n) is 22.7. The summed E-state index contributed by atoms with van der Waals surface area (Å²) in [5, 5.41) is 7.05. The van der Waals surface area contributed by atoms with Gasteiger partial charge in [-0.25, -0.2) is 19.9 Å². The van der Waals surface area contributed by atoms with Crippen LogP contribution in [0.15, 0.2) is 55.2 Å². The Morgan fingerprint density at radius 2 is 1.55 bits per heavy atom. The molecular weight excluding hydrogens is 553 g/mol. The van der Waals surface area contributed by atoms with E-state index in [4.69, 9.17) is 37.4 Å². The molecule has 0 saturated heterocycles. The smallest absolute Gasteiger partial charge is 0.143 e. The first kappa shape index (κ1) is 29.1. The molecule has 0 bridgehead atoms. The third-order valence-electron chi connectivity index (χ3n) is 6.17. The van der Waals surface area contributed by atoms with Crippen LogP contribution in [0.4, 0.5) is 23.0 Å². The Morgan fingerprint density at radius 1 is 0.850 bits per heavy atom. The van der Waals surface area contributed by atoms with Gasteiger partial charge in [0, 0.05) is 30.6 Å². The van der Waals surface area contributed by atoms with Gasteiger partial charge < -0.3 is 29.7 Å². The lowest BCUT2D eigenvalue weighted by molar-refractivity contribution is 0.223. The monoisotopic (exact) mass is 583 g/mol. The van der Waals surface area contributed by atoms with Crippen molar-refractivity contribution >= 4 is 46.2 Å². The largest absolute Gasteiger partial charge is 0.495 e. The van der Waals surface area contributed by atoms with Crippen molar-refractivity contribution in [3.63, 3.8) is 0 Å². The average Bonchev–Trinajstić information content (AvgIpc) is 2.99. The molecule has 12 heteroatoms. The molecule has 210 valence electrons. The molecular formula is C28H31Cl2N7O3. The first-order valence-electron chi connectivity index (χ1n) is 12.7. The predicted octanol–water partition coefficient (Wildman–Crippen LogP) is 6.47. The van der Waals surface area contributed by atoms with Crippen LogP contribution in [0.2, 0.25) is 10.0 Å². The number of likely N-dealkylation sites (N-methyl/N-ethyl adjacent to an activating group) is 1. The zero-order chi connectivity index (χ0) is 28.5. The number of hydrogen-bond acceptors (Lipinski definition) is 10. The highest BCUT2D eigenvalue weighted by Gasteiger charge is 2.20. The van der Waals surface area contributed by atoms with Gasteiger partial charge in [0.05, 0.1) is 31.2 Å². The minimum absolute atomic E-state index is 0.281. The van der Waals surface area contributed by atoms with Gasteiger partial charge in [-0.3, -0.25) is 0 Å². The summed E-state index contributed by atoms with van der Waals surface area (Å²) in [7, 11) is 3.02. The number of benzene rings is 2. The van der Waals surface area contributed by atoms with Gasteiger partial charge in [0.25, 0.3) is 0 Å². The van der Waals surface area contributed by atoms with E-state index < -0.39 is 0 Å². The third kappa shape index (κ3) is 7.01. The van der Waals surface area contributed by atoms with E-state index >= 15 is 0 Å². The maximum Gasteiger partial charge on any atom is 0.143 e. The summed E-state index contributed by atoms with van der Waals surface area (Å²) in [6.45, 7) is 7.84. The maximum absolute atomic E-state index is 6.56. The minimum Gasteiger partial charge on any atom is -0.495 e. The van der Waals surface area contributed by atoms with Crippen molar-refractivity contribution in [1.29, 1.82) is 0 Å². The number of aromatic nitrogens is 4. The Bertz CT molecular complexity index is 1390. The van der Waals surface area contributed by atoms with Crippen molar-refractivity contribution in [2.75, 3.05) is 51.1 Å². The third-order valence-corrected chi connectivity index (χ3v) is 6.92. The second kappa shape index (κ2) is 14.0. The van der Waals surface area contributed by atoms with Gasteiger partial charge >= 0.3 is 0 Å². The molecule has 0 radical (unpaired) electrons. The van der Waals surface area contributed by atoms with Gasteiger partial charge in [-0.05, 0) is 37.4 Å². The number of anilines is 4. The van der Waals surface area contributed by atoms with Crippen LogP contribution in [0.1, 0.15) is 13.8 Å². The predicted molar refractivity (Wildman–Crippen MR) is 159 cm³/mol. The second-order valence-corrected chi connectivity index (χ2v) is 9.26. The number of nitrogens with zero attached hydrogens (tertiary/aromatic N) is 5. The molecule has 10 nitrogen and oxygen atoms in total. The number of hydrogen-bond donors (Lipinski definition) is 2. The highest BCUT2D eigenvalue weighted by Crippen LogP contribution is 2.45. The zero-order valence-corrected chi connectivity index (χ0v) is 24.3. The molecule has 4 aromatic rings. The number of methoxy groups -OCH3 is 2.